The first-order valence-electron chi connectivity index (χ1n) is 6.39. The van der Waals surface area contributed by atoms with Gasteiger partial charge in [0.25, 0.3) is 0 Å². The van der Waals surface area contributed by atoms with Crippen molar-refractivity contribution in [2.45, 2.75) is 25.1 Å². The largest absolute Gasteiger partial charge is 0.481 e. The molecule has 1 aromatic carbocycles. The Hall–Kier alpha value is -0.560. The summed E-state index contributed by atoms with van der Waals surface area (Å²) in [5.41, 5.74) is 0.298. The van der Waals surface area contributed by atoms with Crippen LogP contribution in [0.2, 0.25) is 0 Å². The molecule has 1 aliphatic heterocycles. The molecule has 20 heavy (non-hydrogen) atoms. The first-order valence-corrected chi connectivity index (χ1v) is 9.46. The third kappa shape index (κ3) is 2.62. The zero-order chi connectivity index (χ0) is 15.0. The van der Waals surface area contributed by atoms with Crippen LogP contribution in [0.3, 0.4) is 0 Å². The minimum Gasteiger partial charge on any atom is -0.481 e. The van der Waals surface area contributed by atoms with Crippen LogP contribution in [-0.4, -0.2) is 33.8 Å². The Morgan fingerprint density at radius 2 is 1.90 bits per heavy atom. The van der Waals surface area contributed by atoms with E-state index >= 15 is 0 Å². The molecule has 1 aliphatic rings. The van der Waals surface area contributed by atoms with Crippen molar-refractivity contribution in [1.82, 2.24) is 4.90 Å². The molecule has 0 aromatic heterocycles. The van der Waals surface area contributed by atoms with E-state index in [-0.39, 0.29) is 0 Å². The van der Waals surface area contributed by atoms with Gasteiger partial charge in [-0.05, 0) is 19.0 Å². The van der Waals surface area contributed by atoms with Gasteiger partial charge in [0.2, 0.25) is 0 Å². The van der Waals surface area contributed by atoms with Crippen LogP contribution < -0.4 is 0 Å². The van der Waals surface area contributed by atoms with Crippen molar-refractivity contribution in [3.05, 3.63) is 35.9 Å². The van der Waals surface area contributed by atoms with Crippen molar-refractivity contribution in [2.24, 2.45) is 5.41 Å². The van der Waals surface area contributed by atoms with E-state index in [9.17, 15) is 9.90 Å². The van der Waals surface area contributed by atoms with Gasteiger partial charge in [-0.25, -0.2) is 0 Å². The summed E-state index contributed by atoms with van der Waals surface area (Å²) in [5.74, 6) is -0.803. The molecule has 1 heterocycles. The predicted octanol–water partition coefficient (Wildman–Crippen LogP) is 1.89. The number of benzene rings is 1. The van der Waals surface area contributed by atoms with E-state index in [2.05, 4.69) is 17.0 Å². The molecule has 1 aromatic rings. The molecule has 0 amide bonds. The molecule has 0 saturated carbocycles. The average Bonchev–Trinajstić information content (AvgIpc) is 2.64. The highest BCUT2D eigenvalue weighted by Crippen LogP contribution is 2.42. The summed E-state index contributed by atoms with van der Waals surface area (Å²) in [6, 6.07) is 10.1. The summed E-state index contributed by atoms with van der Waals surface area (Å²) in [5, 5.41) is 9.63. The standard InChI is InChI=1S/C14H18NO2S3/c1-13(12(16)17)9-15(10-14(13,2)20(18)19)8-11-6-4-3-5-7-11/h3-7H,8-10H2,1-2H3,(H,16,17)/q-1. The van der Waals surface area contributed by atoms with Crippen LogP contribution >= 0.6 is 0 Å². The van der Waals surface area contributed by atoms with Crippen LogP contribution in [0.25, 0.3) is 0 Å². The van der Waals surface area contributed by atoms with Gasteiger partial charge in [-0.15, -0.1) is 0 Å². The van der Waals surface area contributed by atoms with Crippen molar-refractivity contribution in [3.63, 3.8) is 0 Å². The summed E-state index contributed by atoms with van der Waals surface area (Å²) in [4.78, 5) is 13.9. The second-order valence-electron chi connectivity index (χ2n) is 5.73. The minimum absolute atomic E-state index is 0.491. The van der Waals surface area contributed by atoms with Crippen LogP contribution in [0.15, 0.2) is 30.3 Å². The Morgan fingerprint density at radius 3 is 2.35 bits per heavy atom. The first-order chi connectivity index (χ1) is 9.29. The topological polar surface area (TPSA) is 40.5 Å². The SMILES string of the molecule is CC1(C(=O)O)CN(Cc2ccccc2)CC1(C)[S-](=S)=S. The first kappa shape index (κ1) is 15.8. The zero-order valence-corrected chi connectivity index (χ0v) is 14.0. The third-order valence-corrected chi connectivity index (χ3v) is 7.84. The highest BCUT2D eigenvalue weighted by Gasteiger charge is 2.52. The molecule has 3 nitrogen and oxygen atoms in total. The van der Waals surface area contributed by atoms with Crippen molar-refractivity contribution < 1.29 is 9.90 Å². The number of hydrogen-bond donors (Lipinski definition) is 1. The fraction of sp³-hybridized carbons (Fsp3) is 0.500. The third-order valence-electron chi connectivity index (χ3n) is 4.32. The molecule has 2 atom stereocenters. The van der Waals surface area contributed by atoms with Gasteiger partial charge in [-0.1, -0.05) is 42.0 Å². The normalized spacial score (nSPS) is 30.8. The number of aliphatic carboxylic acids is 1. The lowest BCUT2D eigenvalue weighted by atomic mass is 9.80. The average molecular weight is 329 g/mol. The molecule has 0 radical (unpaired) electrons. The molecule has 1 N–H and O–H groups in total. The van der Waals surface area contributed by atoms with Gasteiger partial charge in [0.05, 0.1) is 5.41 Å². The van der Waals surface area contributed by atoms with Gasteiger partial charge in [0, 0.05) is 13.1 Å². The summed E-state index contributed by atoms with van der Waals surface area (Å²) in [7, 11) is -0.781. The van der Waals surface area contributed by atoms with Gasteiger partial charge in [0.1, 0.15) is 0 Å². The molecule has 0 spiro atoms. The van der Waals surface area contributed by atoms with Gasteiger partial charge in [-0.3, -0.25) is 32.1 Å². The van der Waals surface area contributed by atoms with Gasteiger partial charge < -0.3 is 13.1 Å². The molecule has 1 saturated heterocycles. The summed E-state index contributed by atoms with van der Waals surface area (Å²) in [6.45, 7) is 5.57. The van der Waals surface area contributed by atoms with Crippen LogP contribution in [-0.2, 0) is 41.7 Å². The molecular weight excluding hydrogens is 310 g/mol. The highest BCUT2D eigenvalue weighted by molar-refractivity contribution is 8.47. The number of likely N-dealkylation sites (tertiary alicyclic amines) is 1. The van der Waals surface area contributed by atoms with Crippen molar-refractivity contribution in [2.75, 3.05) is 13.1 Å². The Kier molecular flexibility index (Phi) is 4.49. The van der Waals surface area contributed by atoms with Crippen LogP contribution in [0.1, 0.15) is 19.4 Å². The maximum absolute atomic E-state index is 11.7. The van der Waals surface area contributed by atoms with Gasteiger partial charge >= 0.3 is 5.97 Å². The molecule has 0 bridgehead atoms. The molecule has 6 heteroatoms. The van der Waals surface area contributed by atoms with E-state index < -0.39 is 24.1 Å². The van der Waals surface area contributed by atoms with Gasteiger partial charge in [-0.2, -0.15) is 0 Å². The fourth-order valence-corrected chi connectivity index (χ4v) is 4.98. The second kappa shape index (κ2) is 5.67. The number of nitrogens with zero attached hydrogens (tertiary/aromatic N) is 1. The number of rotatable bonds is 4. The van der Waals surface area contributed by atoms with E-state index in [1.54, 1.807) is 6.92 Å². The van der Waals surface area contributed by atoms with Crippen molar-refractivity contribution in [1.29, 1.82) is 0 Å². The molecule has 110 valence electrons. The lowest BCUT2D eigenvalue weighted by Gasteiger charge is -2.41. The molecular formula is C14H18NO2S3-. The molecule has 0 aliphatic carbocycles. The lowest BCUT2D eigenvalue weighted by Crippen LogP contribution is -2.48. The van der Waals surface area contributed by atoms with E-state index in [0.29, 0.717) is 13.1 Å². The maximum Gasteiger partial charge on any atom is 0.309 e. The molecule has 1 fully saturated rings. The van der Waals surface area contributed by atoms with Crippen molar-refractivity contribution >= 4 is 36.4 Å². The summed E-state index contributed by atoms with van der Waals surface area (Å²) >= 11 is 10.6. The van der Waals surface area contributed by atoms with Gasteiger partial charge in [0.15, 0.2) is 0 Å². The zero-order valence-electron chi connectivity index (χ0n) is 11.5. The monoisotopic (exact) mass is 328 g/mol. The number of carboxylic acids is 1. The Bertz CT molecular complexity index is 579. The van der Waals surface area contributed by atoms with Crippen LogP contribution in [0.5, 0.6) is 0 Å². The number of carboxylic acid groups (broad SMARTS) is 1. The Balaban J connectivity index is 2.27. The van der Waals surface area contributed by atoms with E-state index in [0.717, 1.165) is 6.54 Å². The van der Waals surface area contributed by atoms with Crippen molar-refractivity contribution in [3.8, 4) is 0 Å². The van der Waals surface area contributed by atoms with Crippen LogP contribution in [0, 0.1) is 5.41 Å². The number of carbonyl (C=O) groups is 1. The minimum atomic E-state index is -0.881. The maximum atomic E-state index is 11.7. The highest BCUT2D eigenvalue weighted by atomic mass is 33.1. The van der Waals surface area contributed by atoms with E-state index in [1.807, 2.05) is 25.1 Å². The van der Waals surface area contributed by atoms with Crippen LogP contribution in [0.4, 0.5) is 0 Å². The predicted molar refractivity (Wildman–Crippen MR) is 88.0 cm³/mol. The smallest absolute Gasteiger partial charge is 0.309 e. The summed E-state index contributed by atoms with van der Waals surface area (Å²) < 4.78 is -0.543. The quantitative estimate of drug-likeness (QED) is 0.855. The molecule has 2 rings (SSSR count). The van der Waals surface area contributed by atoms with E-state index in [4.69, 9.17) is 22.4 Å². The molecule has 2 unspecified atom stereocenters. The Morgan fingerprint density at radius 1 is 1.30 bits per heavy atom. The number of hydrogen-bond acceptors (Lipinski definition) is 5. The summed E-state index contributed by atoms with van der Waals surface area (Å²) in [6.07, 6.45) is 0. The lowest BCUT2D eigenvalue weighted by molar-refractivity contribution is -0.148. The second-order valence-corrected chi connectivity index (χ2v) is 9.74. The Labute approximate surface area is 130 Å². The fourth-order valence-electron chi connectivity index (χ4n) is 2.76. The van der Waals surface area contributed by atoms with E-state index in [1.165, 1.54) is 5.56 Å².